The van der Waals surface area contributed by atoms with Crippen LogP contribution in [0.25, 0.3) is 0 Å². The first-order valence-electron chi connectivity index (χ1n) is 2.41. The van der Waals surface area contributed by atoms with Crippen LogP contribution < -0.4 is 0 Å². The van der Waals surface area contributed by atoms with Crippen molar-refractivity contribution >= 4 is 9.05 Å². The van der Waals surface area contributed by atoms with Gasteiger partial charge in [0.2, 0.25) is 0 Å². The van der Waals surface area contributed by atoms with E-state index < -0.39 is 9.05 Å². The summed E-state index contributed by atoms with van der Waals surface area (Å²) in [6, 6.07) is 0. The Kier molecular flexibility index (Phi) is 3.48. The van der Waals surface area contributed by atoms with Gasteiger partial charge in [-0.3, -0.25) is 0 Å². The lowest BCUT2D eigenvalue weighted by atomic mass is 10.8. The quantitative estimate of drug-likeness (QED) is 0.424. The number of hydrogen-bond acceptors (Lipinski definition) is 4. The smallest absolute Gasteiger partial charge is 0.487 e. The first-order valence-corrected chi connectivity index (χ1v) is 4.12. The summed E-state index contributed by atoms with van der Waals surface area (Å²) in [6.45, 7) is 1.69. The molecule has 0 saturated heterocycles. The van der Waals surface area contributed by atoms with E-state index >= 15 is 0 Å². The fourth-order valence-corrected chi connectivity index (χ4v) is 0.614. The normalized spacial score (nSPS) is 12.4. The van der Waals surface area contributed by atoms with Gasteiger partial charge in [-0.2, -0.15) is 0 Å². The highest BCUT2D eigenvalue weighted by Gasteiger charge is 2.35. The molecule has 2 N–H and O–H groups in total. The number of hydrogen-bond donors (Lipinski definition) is 2. The van der Waals surface area contributed by atoms with E-state index in [4.69, 9.17) is 9.59 Å². The molecule has 0 aromatic carbocycles. The van der Waals surface area contributed by atoms with Crippen molar-refractivity contribution in [3.05, 3.63) is 12.3 Å². The summed E-state index contributed by atoms with van der Waals surface area (Å²) in [4.78, 5) is 17.3. The van der Waals surface area contributed by atoms with Crippen LogP contribution in [0.5, 0.6) is 0 Å². The standard InChI is InChI=1S/C4H10O4Si/c1-3-4-8-9(5,6)7-2/h3-6H,1-2H3. The Balaban J connectivity index is 3.58. The topological polar surface area (TPSA) is 58.9 Å². The molecular weight excluding hydrogens is 140 g/mol. The average Bonchev–Trinajstić information content (AvgIpc) is 1.84. The van der Waals surface area contributed by atoms with Gasteiger partial charge < -0.3 is 18.4 Å². The zero-order valence-electron chi connectivity index (χ0n) is 5.37. The fourth-order valence-electron chi connectivity index (χ4n) is 0.205. The van der Waals surface area contributed by atoms with Crippen molar-refractivity contribution in [1.29, 1.82) is 0 Å². The van der Waals surface area contributed by atoms with Crippen molar-refractivity contribution < 1.29 is 18.4 Å². The van der Waals surface area contributed by atoms with E-state index in [1.165, 1.54) is 19.4 Å². The highest BCUT2D eigenvalue weighted by Crippen LogP contribution is 1.95. The van der Waals surface area contributed by atoms with Gasteiger partial charge in [-0.25, -0.2) is 0 Å². The van der Waals surface area contributed by atoms with Crippen LogP contribution >= 0.6 is 0 Å². The maximum Gasteiger partial charge on any atom is 0.743 e. The van der Waals surface area contributed by atoms with Crippen molar-refractivity contribution in [2.45, 2.75) is 6.92 Å². The molecule has 0 spiro atoms. The van der Waals surface area contributed by atoms with Crippen molar-refractivity contribution in [3.63, 3.8) is 0 Å². The van der Waals surface area contributed by atoms with E-state index in [1.807, 2.05) is 0 Å². The van der Waals surface area contributed by atoms with Crippen LogP contribution in [0.4, 0.5) is 0 Å². The summed E-state index contributed by atoms with van der Waals surface area (Å²) in [6.07, 6.45) is 2.71. The van der Waals surface area contributed by atoms with E-state index in [1.54, 1.807) is 6.92 Å². The lowest BCUT2D eigenvalue weighted by Crippen LogP contribution is -2.39. The van der Waals surface area contributed by atoms with Crippen LogP contribution in [0.1, 0.15) is 6.92 Å². The molecule has 4 nitrogen and oxygen atoms in total. The summed E-state index contributed by atoms with van der Waals surface area (Å²) in [5, 5.41) is 0. The predicted molar refractivity (Wildman–Crippen MR) is 33.1 cm³/mol. The first kappa shape index (κ1) is 8.64. The van der Waals surface area contributed by atoms with Gasteiger partial charge in [0.05, 0.1) is 6.26 Å². The molecule has 0 bridgehead atoms. The molecule has 0 aliphatic carbocycles. The molecular formula is C4H10O4Si. The average molecular weight is 150 g/mol. The van der Waals surface area contributed by atoms with Crippen molar-refractivity contribution in [1.82, 2.24) is 0 Å². The van der Waals surface area contributed by atoms with Crippen LogP contribution in [0, 0.1) is 0 Å². The van der Waals surface area contributed by atoms with Gasteiger partial charge in [-0.1, -0.05) is 6.08 Å². The Morgan fingerprint density at radius 2 is 2.00 bits per heavy atom. The molecule has 0 aromatic heterocycles. The summed E-state index contributed by atoms with van der Waals surface area (Å²) in [5.74, 6) is 0. The Hall–Kier alpha value is -0.363. The second kappa shape index (κ2) is 3.62. The number of allylic oxidation sites excluding steroid dienone is 1. The van der Waals surface area contributed by atoms with Crippen LogP contribution in [0.3, 0.4) is 0 Å². The van der Waals surface area contributed by atoms with Crippen molar-refractivity contribution in [2.75, 3.05) is 7.11 Å². The molecule has 9 heavy (non-hydrogen) atoms. The first-order chi connectivity index (χ1) is 4.12. The number of rotatable bonds is 3. The molecule has 5 heteroatoms. The monoisotopic (exact) mass is 150 g/mol. The van der Waals surface area contributed by atoms with Gasteiger partial charge in [-0.05, 0) is 6.92 Å². The minimum atomic E-state index is -3.79. The highest BCUT2D eigenvalue weighted by atomic mass is 28.4. The summed E-state index contributed by atoms with van der Waals surface area (Å²) in [7, 11) is -2.61. The van der Waals surface area contributed by atoms with Crippen molar-refractivity contribution in [3.8, 4) is 0 Å². The van der Waals surface area contributed by atoms with Gasteiger partial charge in [0.1, 0.15) is 0 Å². The molecule has 0 atom stereocenters. The van der Waals surface area contributed by atoms with Gasteiger partial charge in [0.25, 0.3) is 0 Å². The molecule has 0 amide bonds. The molecule has 54 valence electrons. The summed E-state index contributed by atoms with van der Waals surface area (Å²) in [5.41, 5.74) is 0. The molecule has 0 aromatic rings. The lowest BCUT2D eigenvalue weighted by Gasteiger charge is -2.10. The second-order valence-corrected chi connectivity index (χ2v) is 3.08. The van der Waals surface area contributed by atoms with E-state index in [2.05, 4.69) is 8.85 Å². The van der Waals surface area contributed by atoms with Crippen molar-refractivity contribution in [2.24, 2.45) is 0 Å². The third-order valence-electron chi connectivity index (χ3n) is 0.624. The van der Waals surface area contributed by atoms with Gasteiger partial charge in [-0.15, -0.1) is 0 Å². The highest BCUT2D eigenvalue weighted by molar-refractivity contribution is 6.50. The summed E-state index contributed by atoms with van der Waals surface area (Å²) < 4.78 is 8.59. The predicted octanol–water partition coefficient (Wildman–Crippen LogP) is -0.397. The van der Waals surface area contributed by atoms with E-state index in [0.29, 0.717) is 0 Å². The molecule has 0 radical (unpaired) electrons. The van der Waals surface area contributed by atoms with Crippen LogP contribution in [0.15, 0.2) is 12.3 Å². The zero-order valence-corrected chi connectivity index (χ0v) is 6.37. The maximum absolute atomic E-state index is 8.65. The lowest BCUT2D eigenvalue weighted by molar-refractivity contribution is 0.0788. The molecule has 0 heterocycles. The van der Waals surface area contributed by atoms with E-state index in [0.717, 1.165) is 0 Å². The SMILES string of the molecule is CC=CO[Si](O)(O)OC. The molecule has 0 aliphatic rings. The Morgan fingerprint density at radius 3 is 2.33 bits per heavy atom. The van der Waals surface area contributed by atoms with Gasteiger partial charge in [0.15, 0.2) is 0 Å². The van der Waals surface area contributed by atoms with Crippen LogP contribution in [0.2, 0.25) is 0 Å². The Bertz CT molecular complexity index is 101. The van der Waals surface area contributed by atoms with Crippen LogP contribution in [-0.2, 0) is 8.85 Å². The molecule has 0 unspecified atom stereocenters. The fraction of sp³-hybridized carbons (Fsp3) is 0.500. The summed E-state index contributed by atoms with van der Waals surface area (Å²) >= 11 is 0. The third kappa shape index (κ3) is 4.16. The Morgan fingerprint density at radius 1 is 1.44 bits per heavy atom. The van der Waals surface area contributed by atoms with E-state index in [-0.39, 0.29) is 0 Å². The van der Waals surface area contributed by atoms with Gasteiger partial charge >= 0.3 is 9.05 Å². The molecule has 0 rings (SSSR count). The molecule has 0 saturated carbocycles. The third-order valence-corrected chi connectivity index (χ3v) is 1.60. The Labute approximate surface area is 54.8 Å². The molecule has 0 fully saturated rings. The zero-order chi connectivity index (χ0) is 7.33. The minimum Gasteiger partial charge on any atom is -0.487 e. The molecule has 0 aliphatic heterocycles. The minimum absolute atomic E-state index is 1.18. The maximum atomic E-state index is 8.65. The van der Waals surface area contributed by atoms with Crippen LogP contribution in [-0.4, -0.2) is 25.7 Å². The largest absolute Gasteiger partial charge is 0.743 e. The van der Waals surface area contributed by atoms with E-state index in [9.17, 15) is 0 Å². The van der Waals surface area contributed by atoms with Gasteiger partial charge in [0, 0.05) is 7.11 Å². The second-order valence-electron chi connectivity index (χ2n) is 1.34.